The first-order valence-electron chi connectivity index (χ1n) is 11.5. The Morgan fingerprint density at radius 3 is 2.56 bits per heavy atom. The van der Waals surface area contributed by atoms with E-state index in [0.29, 0.717) is 47.9 Å². The van der Waals surface area contributed by atoms with Crippen LogP contribution in [-0.2, 0) is 13.0 Å². The van der Waals surface area contributed by atoms with Crippen molar-refractivity contribution in [2.45, 2.75) is 26.4 Å². The molecular weight excluding hydrogens is 428 g/mol. The largest absolute Gasteiger partial charge is 0.488 e. The Morgan fingerprint density at radius 1 is 1.00 bits per heavy atom. The van der Waals surface area contributed by atoms with Crippen LogP contribution in [-0.4, -0.2) is 13.2 Å². The fraction of sp³-hybridized carbons (Fsp3) is 0.207. The van der Waals surface area contributed by atoms with Gasteiger partial charge in [0.15, 0.2) is 11.5 Å². The zero-order chi connectivity index (χ0) is 23.5. The molecule has 0 N–H and O–H groups in total. The summed E-state index contributed by atoms with van der Waals surface area (Å²) in [5.74, 6) is 2.06. The molecule has 0 unspecified atom stereocenters. The van der Waals surface area contributed by atoms with Crippen LogP contribution >= 0.6 is 0 Å². The lowest BCUT2D eigenvalue weighted by Gasteiger charge is -2.18. The standard InChI is InChI=1S/C29H26O5/c1-3-5-22-14-23-27(16-26(22)33-17-20-8-6-19(4-2)7-9-20)34-18-24(29(23)30)21-10-11-25-28(15-21)32-13-12-31-25/h4,6-11,14-16,18H,2-3,5,12-13,17H2,1H3. The van der Waals surface area contributed by atoms with Gasteiger partial charge in [-0.05, 0) is 46.9 Å². The van der Waals surface area contributed by atoms with E-state index in [1.54, 1.807) is 0 Å². The van der Waals surface area contributed by atoms with E-state index in [1.807, 2.05) is 60.7 Å². The molecule has 0 bridgehead atoms. The molecule has 3 aromatic carbocycles. The van der Waals surface area contributed by atoms with Gasteiger partial charge < -0.3 is 18.6 Å². The minimum absolute atomic E-state index is 0.0816. The SMILES string of the molecule is C=Cc1ccc(COc2cc3occ(-c4ccc5c(c4)OCCO5)c(=O)c3cc2CCC)cc1. The summed E-state index contributed by atoms with van der Waals surface area (Å²) in [6, 6.07) is 17.3. The van der Waals surface area contributed by atoms with E-state index in [0.717, 1.165) is 40.8 Å². The maximum atomic E-state index is 13.4. The average Bonchev–Trinajstić information content (AvgIpc) is 2.88. The summed E-state index contributed by atoms with van der Waals surface area (Å²) in [7, 11) is 0. The molecule has 4 aromatic rings. The van der Waals surface area contributed by atoms with E-state index < -0.39 is 0 Å². The Hall–Kier alpha value is -3.99. The quantitative estimate of drug-likeness (QED) is 0.323. The molecule has 0 amide bonds. The van der Waals surface area contributed by atoms with Crippen LogP contribution in [0, 0.1) is 0 Å². The summed E-state index contributed by atoms with van der Waals surface area (Å²) in [4.78, 5) is 13.4. The highest BCUT2D eigenvalue weighted by atomic mass is 16.6. The number of fused-ring (bicyclic) bond motifs is 2. The molecule has 0 saturated carbocycles. The number of aryl methyl sites for hydroxylation is 1. The highest BCUT2D eigenvalue weighted by molar-refractivity contribution is 5.84. The minimum Gasteiger partial charge on any atom is -0.488 e. The van der Waals surface area contributed by atoms with Crippen LogP contribution < -0.4 is 19.6 Å². The molecule has 1 aromatic heterocycles. The Kier molecular flexibility index (Phi) is 6.09. The molecule has 0 saturated heterocycles. The Balaban J connectivity index is 1.49. The molecular formula is C29H26O5. The van der Waals surface area contributed by atoms with Gasteiger partial charge >= 0.3 is 0 Å². The first kappa shape index (κ1) is 21.8. The van der Waals surface area contributed by atoms with Crippen molar-refractivity contribution in [3.63, 3.8) is 0 Å². The van der Waals surface area contributed by atoms with Crippen molar-refractivity contribution in [2.75, 3.05) is 13.2 Å². The van der Waals surface area contributed by atoms with Gasteiger partial charge in [0.25, 0.3) is 0 Å². The number of hydrogen-bond donors (Lipinski definition) is 0. The maximum Gasteiger partial charge on any atom is 0.200 e. The molecule has 172 valence electrons. The molecule has 2 heterocycles. The molecule has 5 nitrogen and oxygen atoms in total. The third-order valence-electron chi connectivity index (χ3n) is 5.94. The van der Waals surface area contributed by atoms with Crippen molar-refractivity contribution in [3.05, 3.63) is 94.4 Å². The van der Waals surface area contributed by atoms with Crippen LogP contribution in [0.25, 0.3) is 28.2 Å². The Morgan fingerprint density at radius 2 is 1.79 bits per heavy atom. The van der Waals surface area contributed by atoms with Gasteiger partial charge in [0.1, 0.15) is 37.4 Å². The van der Waals surface area contributed by atoms with E-state index in [2.05, 4.69) is 13.5 Å². The number of hydrogen-bond acceptors (Lipinski definition) is 5. The summed E-state index contributed by atoms with van der Waals surface area (Å²) < 4.78 is 23.3. The summed E-state index contributed by atoms with van der Waals surface area (Å²) in [5.41, 5.74) is 4.76. The summed E-state index contributed by atoms with van der Waals surface area (Å²) >= 11 is 0. The van der Waals surface area contributed by atoms with Crippen molar-refractivity contribution in [3.8, 4) is 28.4 Å². The summed E-state index contributed by atoms with van der Waals surface area (Å²) in [5, 5.41) is 0.540. The van der Waals surface area contributed by atoms with E-state index in [4.69, 9.17) is 18.6 Å². The zero-order valence-corrected chi connectivity index (χ0v) is 19.1. The number of benzene rings is 3. The second kappa shape index (κ2) is 9.48. The van der Waals surface area contributed by atoms with Crippen molar-refractivity contribution in [2.24, 2.45) is 0 Å². The van der Waals surface area contributed by atoms with Gasteiger partial charge in [-0.3, -0.25) is 4.79 Å². The number of rotatable bonds is 7. The third-order valence-corrected chi connectivity index (χ3v) is 5.94. The molecule has 0 spiro atoms. The molecule has 34 heavy (non-hydrogen) atoms. The van der Waals surface area contributed by atoms with Crippen LogP contribution in [0.4, 0.5) is 0 Å². The van der Waals surface area contributed by atoms with Crippen LogP contribution in [0.15, 0.2) is 76.7 Å². The van der Waals surface area contributed by atoms with Crippen LogP contribution in [0.2, 0.25) is 0 Å². The van der Waals surface area contributed by atoms with Gasteiger partial charge in [0.2, 0.25) is 5.43 Å². The first-order chi connectivity index (χ1) is 16.7. The summed E-state index contributed by atoms with van der Waals surface area (Å²) in [6.45, 7) is 7.34. The van der Waals surface area contributed by atoms with Gasteiger partial charge in [0.05, 0.1) is 10.9 Å². The average molecular weight is 455 g/mol. The van der Waals surface area contributed by atoms with Gasteiger partial charge in [-0.1, -0.05) is 56.3 Å². The van der Waals surface area contributed by atoms with Crippen LogP contribution in [0.1, 0.15) is 30.0 Å². The van der Waals surface area contributed by atoms with E-state index in [-0.39, 0.29) is 5.43 Å². The van der Waals surface area contributed by atoms with Crippen molar-refractivity contribution >= 4 is 17.0 Å². The number of ether oxygens (including phenoxy) is 3. The molecule has 1 aliphatic rings. The fourth-order valence-electron chi connectivity index (χ4n) is 4.12. The molecule has 0 fully saturated rings. The molecule has 0 atom stereocenters. The van der Waals surface area contributed by atoms with Crippen molar-refractivity contribution < 1.29 is 18.6 Å². The predicted molar refractivity (Wildman–Crippen MR) is 134 cm³/mol. The van der Waals surface area contributed by atoms with Crippen LogP contribution in [0.5, 0.6) is 17.2 Å². The highest BCUT2D eigenvalue weighted by Crippen LogP contribution is 2.35. The molecule has 5 rings (SSSR count). The minimum atomic E-state index is -0.0816. The topological polar surface area (TPSA) is 57.9 Å². The first-order valence-corrected chi connectivity index (χ1v) is 11.5. The van der Waals surface area contributed by atoms with Crippen molar-refractivity contribution in [1.29, 1.82) is 0 Å². The van der Waals surface area contributed by atoms with E-state index in [1.165, 1.54) is 6.26 Å². The fourth-order valence-corrected chi connectivity index (χ4v) is 4.12. The van der Waals surface area contributed by atoms with Crippen molar-refractivity contribution in [1.82, 2.24) is 0 Å². The Labute approximate surface area is 198 Å². The molecule has 0 aliphatic carbocycles. The maximum absolute atomic E-state index is 13.4. The monoisotopic (exact) mass is 454 g/mol. The third kappa shape index (κ3) is 4.29. The second-order valence-corrected chi connectivity index (χ2v) is 8.28. The lowest BCUT2D eigenvalue weighted by Crippen LogP contribution is -2.15. The van der Waals surface area contributed by atoms with Gasteiger partial charge in [0, 0.05) is 6.07 Å². The normalized spacial score (nSPS) is 12.5. The lowest BCUT2D eigenvalue weighted by atomic mass is 10.0. The smallest absolute Gasteiger partial charge is 0.200 e. The van der Waals surface area contributed by atoms with Gasteiger partial charge in [-0.2, -0.15) is 0 Å². The second-order valence-electron chi connectivity index (χ2n) is 8.28. The molecule has 5 heteroatoms. The lowest BCUT2D eigenvalue weighted by molar-refractivity contribution is 0.171. The molecule has 1 aliphatic heterocycles. The van der Waals surface area contributed by atoms with E-state index in [9.17, 15) is 4.79 Å². The van der Waals surface area contributed by atoms with Gasteiger partial charge in [-0.15, -0.1) is 0 Å². The van der Waals surface area contributed by atoms with E-state index >= 15 is 0 Å². The zero-order valence-electron chi connectivity index (χ0n) is 19.1. The van der Waals surface area contributed by atoms with Crippen LogP contribution in [0.3, 0.4) is 0 Å². The summed E-state index contributed by atoms with van der Waals surface area (Å²) in [6.07, 6.45) is 5.05. The molecule has 0 radical (unpaired) electrons. The Bertz CT molecular complexity index is 1400. The highest BCUT2D eigenvalue weighted by Gasteiger charge is 2.17. The predicted octanol–water partition coefficient (Wildman–Crippen LogP) is 6.41. The van der Waals surface area contributed by atoms with Gasteiger partial charge in [-0.25, -0.2) is 0 Å².